The third-order valence-corrected chi connectivity index (χ3v) is 9.15. The van der Waals surface area contributed by atoms with Crippen LogP contribution in [0, 0.1) is 0 Å². The number of unbranched alkanes of at least 4 members (excludes halogenated alkanes) is 2. The van der Waals surface area contributed by atoms with Crippen LogP contribution >= 0.6 is 23.5 Å². The molecule has 4 heterocycles. The minimum Gasteiger partial charge on any atom is -0.481 e. The number of urea groups is 2. The number of hydrogen-bond donors (Lipinski definition) is 6. The molecule has 32 heavy (non-hydrogen) atoms. The van der Waals surface area contributed by atoms with Crippen LogP contribution in [0.1, 0.15) is 51.4 Å². The highest BCUT2D eigenvalue weighted by Gasteiger charge is 2.43. The van der Waals surface area contributed by atoms with Crippen molar-refractivity contribution in [1.29, 1.82) is 0 Å². The molecule has 12 heteroatoms. The lowest BCUT2D eigenvalue weighted by Gasteiger charge is -2.16. The van der Waals surface area contributed by atoms with Gasteiger partial charge in [0.1, 0.15) is 0 Å². The summed E-state index contributed by atoms with van der Waals surface area (Å²) in [4.78, 5) is 42.9. The third kappa shape index (κ3) is 7.09. The number of hydrogen-bond acceptors (Lipinski definition) is 6. The molecule has 0 aromatic carbocycles. The first-order valence-corrected chi connectivity index (χ1v) is 13.2. The quantitative estimate of drug-likeness (QED) is 0.200. The predicted octanol–water partition coefficient (Wildman–Crippen LogP) is 1.59. The number of carboxylic acids is 2. The summed E-state index contributed by atoms with van der Waals surface area (Å²) in [6.45, 7) is 0. The number of rotatable bonds is 10. The standard InChI is InChI=1S/2C10H16N2O3S/c2*13-8(14)4-2-1-3-7-9-6(5-16-7)11-10(15)12-9/h2*6-7,9H,1-5H2,(H,13,14)(H2,11,12,15)/t2*6-,7-,9-/m11/s1. The van der Waals surface area contributed by atoms with Crippen molar-refractivity contribution in [3.63, 3.8) is 0 Å². The SMILES string of the molecule is O=C(O)CCCC[C@H]1SC[C@H]2NC(=O)N[C@H]21.O=C(O)CCCC[C@H]1SC[C@H]2NC(=O)N[C@H]21. The van der Waals surface area contributed by atoms with Crippen molar-refractivity contribution in [3.8, 4) is 0 Å². The van der Waals surface area contributed by atoms with Crippen molar-refractivity contribution < 1.29 is 29.4 Å². The molecular weight excluding hydrogens is 456 g/mol. The van der Waals surface area contributed by atoms with E-state index in [4.69, 9.17) is 10.2 Å². The van der Waals surface area contributed by atoms with Gasteiger partial charge in [-0.05, 0) is 25.7 Å². The van der Waals surface area contributed by atoms with Gasteiger partial charge >= 0.3 is 24.0 Å². The summed E-state index contributed by atoms with van der Waals surface area (Å²) in [5.41, 5.74) is 0. The Morgan fingerprint density at radius 1 is 0.719 bits per heavy atom. The van der Waals surface area contributed by atoms with E-state index in [2.05, 4.69) is 21.3 Å². The summed E-state index contributed by atoms with van der Waals surface area (Å²) in [6.07, 6.45) is 5.76. The van der Waals surface area contributed by atoms with Gasteiger partial charge in [0.15, 0.2) is 0 Å². The first kappa shape index (κ1) is 24.8. The second-order valence-electron chi connectivity index (χ2n) is 8.52. The molecule has 10 nitrogen and oxygen atoms in total. The van der Waals surface area contributed by atoms with Crippen LogP contribution in [0.5, 0.6) is 0 Å². The highest BCUT2D eigenvalue weighted by Crippen LogP contribution is 2.34. The average molecular weight is 489 g/mol. The van der Waals surface area contributed by atoms with Crippen molar-refractivity contribution in [3.05, 3.63) is 0 Å². The van der Waals surface area contributed by atoms with E-state index in [9.17, 15) is 19.2 Å². The monoisotopic (exact) mass is 488 g/mol. The van der Waals surface area contributed by atoms with Gasteiger partial charge in [-0.15, -0.1) is 0 Å². The second kappa shape index (κ2) is 11.9. The molecule has 180 valence electrons. The van der Waals surface area contributed by atoms with E-state index in [0.717, 1.165) is 50.0 Å². The van der Waals surface area contributed by atoms with Crippen LogP contribution in [-0.4, -0.2) is 80.4 Å². The van der Waals surface area contributed by atoms with Crippen LogP contribution in [0.2, 0.25) is 0 Å². The van der Waals surface area contributed by atoms with Gasteiger partial charge in [0.05, 0.1) is 24.2 Å². The Hall–Kier alpha value is -1.82. The number of carbonyl (C=O) groups is 4. The summed E-state index contributed by atoms with van der Waals surface area (Å²) in [6, 6.07) is 0.880. The van der Waals surface area contributed by atoms with Gasteiger partial charge in [0.2, 0.25) is 0 Å². The molecule has 0 bridgehead atoms. The largest absolute Gasteiger partial charge is 0.481 e. The number of fused-ring (bicyclic) bond motifs is 2. The molecule has 0 radical (unpaired) electrons. The lowest BCUT2D eigenvalue weighted by Crippen LogP contribution is -2.36. The van der Waals surface area contributed by atoms with Crippen LogP contribution in [0.3, 0.4) is 0 Å². The molecule has 0 spiro atoms. The second-order valence-corrected chi connectivity index (χ2v) is 11.1. The summed E-state index contributed by atoms with van der Waals surface area (Å²) in [5, 5.41) is 29.6. The van der Waals surface area contributed by atoms with Crippen LogP contribution in [0.25, 0.3) is 0 Å². The van der Waals surface area contributed by atoms with Crippen LogP contribution in [0.4, 0.5) is 9.59 Å². The maximum atomic E-state index is 11.1. The lowest BCUT2D eigenvalue weighted by atomic mass is 10.0. The van der Waals surface area contributed by atoms with E-state index in [1.54, 1.807) is 0 Å². The maximum absolute atomic E-state index is 11.1. The molecule has 0 aromatic rings. The summed E-state index contributed by atoms with van der Waals surface area (Å²) in [7, 11) is 0. The summed E-state index contributed by atoms with van der Waals surface area (Å²) in [5.74, 6) is 0.473. The van der Waals surface area contributed by atoms with Gasteiger partial charge in [0, 0.05) is 34.8 Å². The number of aliphatic carboxylic acids is 2. The van der Waals surface area contributed by atoms with E-state index < -0.39 is 11.9 Å². The highest BCUT2D eigenvalue weighted by molar-refractivity contribution is 8.00. The Morgan fingerprint density at radius 3 is 1.50 bits per heavy atom. The van der Waals surface area contributed by atoms with Crippen LogP contribution < -0.4 is 21.3 Å². The van der Waals surface area contributed by atoms with Gasteiger partial charge < -0.3 is 31.5 Å². The van der Waals surface area contributed by atoms with Gasteiger partial charge in [0.25, 0.3) is 0 Å². The Labute approximate surface area is 195 Å². The maximum Gasteiger partial charge on any atom is 0.315 e. The molecule has 6 atom stereocenters. The van der Waals surface area contributed by atoms with E-state index >= 15 is 0 Å². The van der Waals surface area contributed by atoms with Gasteiger partial charge in [-0.3, -0.25) is 9.59 Å². The molecular formula is C20H32N4O6S2. The fourth-order valence-electron chi connectivity index (χ4n) is 4.53. The Morgan fingerprint density at radius 2 is 1.12 bits per heavy atom. The number of carboxylic acid groups (broad SMARTS) is 2. The number of amides is 4. The molecule has 4 saturated heterocycles. The lowest BCUT2D eigenvalue weighted by molar-refractivity contribution is -0.138. The first-order chi connectivity index (χ1) is 15.3. The average Bonchev–Trinajstić information content (AvgIpc) is 3.45. The highest BCUT2D eigenvalue weighted by atomic mass is 32.2. The zero-order valence-corrected chi connectivity index (χ0v) is 19.5. The third-order valence-electron chi connectivity index (χ3n) is 6.13. The Kier molecular flexibility index (Phi) is 9.21. The van der Waals surface area contributed by atoms with Gasteiger partial charge in [-0.2, -0.15) is 23.5 Å². The minimum atomic E-state index is -0.729. The zero-order chi connectivity index (χ0) is 23.1. The van der Waals surface area contributed by atoms with Gasteiger partial charge in [-0.1, -0.05) is 12.8 Å². The molecule has 0 aliphatic carbocycles. The smallest absolute Gasteiger partial charge is 0.315 e. The first-order valence-electron chi connectivity index (χ1n) is 11.1. The number of carbonyl (C=O) groups excluding carboxylic acids is 2. The fourth-order valence-corrected chi connectivity index (χ4v) is 7.62. The number of nitrogens with one attached hydrogen (secondary N) is 4. The topological polar surface area (TPSA) is 157 Å². The molecule has 4 aliphatic heterocycles. The molecule has 6 N–H and O–H groups in total. The molecule has 0 saturated carbocycles. The molecule has 4 aliphatic rings. The molecule has 0 aromatic heterocycles. The normalized spacial score (nSPS) is 32.0. The van der Waals surface area contributed by atoms with Crippen LogP contribution in [-0.2, 0) is 9.59 Å². The van der Waals surface area contributed by atoms with Crippen molar-refractivity contribution in [2.45, 2.75) is 86.0 Å². The molecule has 0 unspecified atom stereocenters. The van der Waals surface area contributed by atoms with E-state index in [1.165, 1.54) is 0 Å². The van der Waals surface area contributed by atoms with E-state index in [0.29, 0.717) is 10.5 Å². The fraction of sp³-hybridized carbons (Fsp3) is 0.800. The van der Waals surface area contributed by atoms with Crippen molar-refractivity contribution in [2.75, 3.05) is 11.5 Å². The molecule has 4 fully saturated rings. The Balaban J connectivity index is 0.000000181. The summed E-state index contributed by atoms with van der Waals surface area (Å²) >= 11 is 3.74. The Bertz CT molecular complexity index is 654. The van der Waals surface area contributed by atoms with E-state index in [1.807, 2.05) is 23.5 Å². The van der Waals surface area contributed by atoms with Crippen molar-refractivity contribution >= 4 is 47.5 Å². The predicted molar refractivity (Wildman–Crippen MR) is 123 cm³/mol. The van der Waals surface area contributed by atoms with Crippen molar-refractivity contribution in [1.82, 2.24) is 21.3 Å². The van der Waals surface area contributed by atoms with Gasteiger partial charge in [-0.25, -0.2) is 9.59 Å². The summed E-state index contributed by atoms with van der Waals surface area (Å²) < 4.78 is 0. The van der Waals surface area contributed by atoms with E-state index in [-0.39, 0.29) is 49.1 Å². The number of thioether (sulfide) groups is 2. The van der Waals surface area contributed by atoms with Crippen LogP contribution in [0.15, 0.2) is 0 Å². The molecule has 4 amide bonds. The molecule has 4 rings (SSSR count). The van der Waals surface area contributed by atoms with Crippen molar-refractivity contribution in [2.24, 2.45) is 0 Å². The zero-order valence-electron chi connectivity index (χ0n) is 17.9. The minimum absolute atomic E-state index is 0.0640.